The number of fused-ring (bicyclic) bond motifs is 1. The van der Waals surface area contributed by atoms with Gasteiger partial charge in [0.15, 0.2) is 15.3 Å². The highest BCUT2D eigenvalue weighted by atomic mass is 32.2. The van der Waals surface area contributed by atoms with E-state index < -0.39 is 0 Å². The van der Waals surface area contributed by atoms with Gasteiger partial charge in [0.25, 0.3) is 0 Å². The summed E-state index contributed by atoms with van der Waals surface area (Å²) in [5.74, 6) is 1.87. The summed E-state index contributed by atoms with van der Waals surface area (Å²) in [6.45, 7) is 2.59. The summed E-state index contributed by atoms with van der Waals surface area (Å²) in [7, 11) is 0. The minimum atomic E-state index is -0.368. The maximum Gasteiger partial charge on any atom is 0.196 e. The van der Waals surface area contributed by atoms with E-state index >= 15 is 0 Å². The molecule has 0 radical (unpaired) electrons. The number of benzene rings is 3. The molecule has 0 spiro atoms. The molecular weight excluding hydrogens is 516 g/mol. The number of aromatic nitrogens is 4. The van der Waals surface area contributed by atoms with Crippen molar-refractivity contribution in [3.05, 3.63) is 90.0 Å². The minimum absolute atomic E-state index is 0.0977. The third-order valence-electron chi connectivity index (χ3n) is 5.19. The maximum atomic E-state index is 13.2. The molecule has 5 aromatic rings. The zero-order valence-electron chi connectivity index (χ0n) is 19.3. The van der Waals surface area contributed by atoms with E-state index in [-0.39, 0.29) is 17.4 Å². The molecule has 3 aromatic carbocycles. The summed E-state index contributed by atoms with van der Waals surface area (Å²) in [5, 5.41) is 9.43. The molecule has 0 atom stereocenters. The van der Waals surface area contributed by atoms with Crippen LogP contribution in [0.3, 0.4) is 0 Å². The minimum Gasteiger partial charge on any atom is -0.494 e. The van der Waals surface area contributed by atoms with Gasteiger partial charge < -0.3 is 4.74 Å². The van der Waals surface area contributed by atoms with Gasteiger partial charge in [0.2, 0.25) is 0 Å². The fourth-order valence-electron chi connectivity index (χ4n) is 3.50. The third kappa shape index (κ3) is 5.61. The SMILES string of the molecule is CCOc1ccc2nc(SCc3nnc(SCC(=O)c4ccc(F)cc4)n3-c3ccccc3)sc2c1. The largest absolute Gasteiger partial charge is 0.494 e. The number of carbonyl (C=O) groups excluding carboxylic acids is 1. The van der Waals surface area contributed by atoms with E-state index in [1.165, 1.54) is 36.0 Å². The van der Waals surface area contributed by atoms with Gasteiger partial charge in [-0.25, -0.2) is 9.37 Å². The van der Waals surface area contributed by atoms with Crippen LogP contribution in [0.5, 0.6) is 5.75 Å². The molecule has 0 aliphatic heterocycles. The summed E-state index contributed by atoms with van der Waals surface area (Å²) >= 11 is 4.52. The number of para-hydroxylation sites is 1. The Morgan fingerprint density at radius 3 is 2.61 bits per heavy atom. The number of carbonyl (C=O) groups is 1. The number of nitrogens with zero attached hydrogens (tertiary/aromatic N) is 4. The molecule has 0 fully saturated rings. The fraction of sp³-hybridized carbons (Fsp3) is 0.154. The van der Waals surface area contributed by atoms with Crippen molar-refractivity contribution in [1.29, 1.82) is 0 Å². The second kappa shape index (κ2) is 11.2. The molecule has 36 heavy (non-hydrogen) atoms. The van der Waals surface area contributed by atoms with Crippen LogP contribution in [0.4, 0.5) is 4.39 Å². The first-order chi connectivity index (χ1) is 17.6. The molecule has 0 aliphatic rings. The van der Waals surface area contributed by atoms with E-state index in [0.29, 0.717) is 23.1 Å². The summed E-state index contributed by atoms with van der Waals surface area (Å²) < 4.78 is 22.8. The molecule has 0 saturated carbocycles. The highest BCUT2D eigenvalue weighted by Gasteiger charge is 2.17. The number of thiazole rings is 1. The van der Waals surface area contributed by atoms with Crippen molar-refractivity contribution < 1.29 is 13.9 Å². The van der Waals surface area contributed by atoms with Crippen molar-refractivity contribution in [3.63, 3.8) is 0 Å². The Hall–Kier alpha value is -3.21. The molecule has 2 heterocycles. The molecule has 0 N–H and O–H groups in total. The van der Waals surface area contributed by atoms with Crippen LogP contribution in [0.2, 0.25) is 0 Å². The lowest BCUT2D eigenvalue weighted by Gasteiger charge is -2.09. The van der Waals surface area contributed by atoms with E-state index in [4.69, 9.17) is 9.72 Å². The predicted molar refractivity (Wildman–Crippen MR) is 143 cm³/mol. The summed E-state index contributed by atoms with van der Waals surface area (Å²) in [4.78, 5) is 17.4. The standard InChI is InChI=1S/C26H21FN4O2S3/c1-2-33-20-12-13-21-23(14-20)36-26(28-21)35-16-24-29-30-25(31(24)19-6-4-3-5-7-19)34-15-22(32)17-8-10-18(27)11-9-17/h3-14H,2,15-16H2,1H3. The molecule has 6 nitrogen and oxygen atoms in total. The lowest BCUT2D eigenvalue weighted by molar-refractivity contribution is 0.102. The van der Waals surface area contributed by atoms with E-state index in [9.17, 15) is 9.18 Å². The third-order valence-corrected chi connectivity index (χ3v) is 8.28. The van der Waals surface area contributed by atoms with E-state index in [2.05, 4.69) is 10.2 Å². The van der Waals surface area contributed by atoms with Crippen molar-refractivity contribution in [2.75, 3.05) is 12.4 Å². The first-order valence-corrected chi connectivity index (χ1v) is 14.0. The first kappa shape index (κ1) is 24.5. The molecule has 5 rings (SSSR count). The summed E-state index contributed by atoms with van der Waals surface area (Å²) in [5.41, 5.74) is 2.32. The van der Waals surface area contributed by atoms with Crippen molar-refractivity contribution >= 4 is 50.9 Å². The number of ether oxygens (including phenoxy) is 1. The molecule has 0 unspecified atom stereocenters. The van der Waals surface area contributed by atoms with Gasteiger partial charge in [0.1, 0.15) is 17.4 Å². The number of halogens is 1. The number of thioether (sulfide) groups is 2. The molecule has 0 saturated heterocycles. The highest BCUT2D eigenvalue weighted by Crippen LogP contribution is 2.34. The molecule has 2 aromatic heterocycles. The summed E-state index contributed by atoms with van der Waals surface area (Å²) in [6.07, 6.45) is 0. The Morgan fingerprint density at radius 2 is 1.83 bits per heavy atom. The molecule has 10 heteroatoms. The lowest BCUT2D eigenvalue weighted by Crippen LogP contribution is -2.05. The Kier molecular flexibility index (Phi) is 7.64. The van der Waals surface area contributed by atoms with Gasteiger partial charge in [-0.3, -0.25) is 9.36 Å². The Morgan fingerprint density at radius 1 is 1.03 bits per heavy atom. The van der Waals surface area contributed by atoms with E-state index in [1.54, 1.807) is 23.1 Å². The van der Waals surface area contributed by atoms with Crippen LogP contribution in [0.25, 0.3) is 15.9 Å². The van der Waals surface area contributed by atoms with Gasteiger partial charge in [0, 0.05) is 11.3 Å². The van der Waals surface area contributed by atoms with Crippen LogP contribution < -0.4 is 4.74 Å². The predicted octanol–water partition coefficient (Wildman–Crippen LogP) is 6.68. The van der Waals surface area contributed by atoms with Crippen molar-refractivity contribution in [1.82, 2.24) is 19.7 Å². The van der Waals surface area contributed by atoms with Gasteiger partial charge in [0.05, 0.1) is 28.3 Å². The van der Waals surface area contributed by atoms with Gasteiger partial charge in [-0.15, -0.1) is 21.5 Å². The fourth-order valence-corrected chi connectivity index (χ4v) is 6.38. The Labute approximate surface area is 219 Å². The van der Waals surface area contributed by atoms with Crippen LogP contribution in [0, 0.1) is 5.82 Å². The van der Waals surface area contributed by atoms with Crippen LogP contribution in [0.15, 0.2) is 82.3 Å². The molecule has 0 amide bonds. The lowest BCUT2D eigenvalue weighted by atomic mass is 10.1. The van der Waals surface area contributed by atoms with Gasteiger partial charge in [-0.2, -0.15) is 0 Å². The topological polar surface area (TPSA) is 69.9 Å². The van der Waals surface area contributed by atoms with Crippen LogP contribution in [0.1, 0.15) is 23.1 Å². The van der Waals surface area contributed by atoms with Gasteiger partial charge in [-0.05, 0) is 61.5 Å². The van der Waals surface area contributed by atoms with Crippen LogP contribution in [-0.4, -0.2) is 37.9 Å². The van der Waals surface area contributed by atoms with Crippen LogP contribution in [-0.2, 0) is 5.75 Å². The van der Waals surface area contributed by atoms with E-state index in [1.807, 2.05) is 60.0 Å². The molecule has 182 valence electrons. The number of Topliss-reactive ketones (excluding diaryl/α,β-unsaturated/α-hetero) is 1. The average molecular weight is 537 g/mol. The Bertz CT molecular complexity index is 1490. The number of hydrogen-bond acceptors (Lipinski definition) is 8. The molecule has 0 aliphatic carbocycles. The summed E-state index contributed by atoms with van der Waals surface area (Å²) in [6, 6.07) is 21.3. The zero-order valence-corrected chi connectivity index (χ0v) is 21.7. The maximum absolute atomic E-state index is 13.2. The average Bonchev–Trinajstić information content (AvgIpc) is 3.50. The van der Waals surface area contributed by atoms with Gasteiger partial charge >= 0.3 is 0 Å². The van der Waals surface area contributed by atoms with Crippen LogP contribution >= 0.6 is 34.9 Å². The zero-order chi connectivity index (χ0) is 24.9. The monoisotopic (exact) mass is 536 g/mol. The number of hydrogen-bond donors (Lipinski definition) is 0. The van der Waals surface area contributed by atoms with Crippen molar-refractivity contribution in [2.45, 2.75) is 22.2 Å². The molecular formula is C26H21FN4O2S3. The number of rotatable bonds is 10. The Balaban J connectivity index is 1.35. The normalized spacial score (nSPS) is 11.2. The molecule has 0 bridgehead atoms. The smallest absolute Gasteiger partial charge is 0.196 e. The van der Waals surface area contributed by atoms with E-state index in [0.717, 1.165) is 31.8 Å². The number of ketones is 1. The second-order valence-electron chi connectivity index (χ2n) is 7.62. The quantitative estimate of drug-likeness (QED) is 0.146. The van der Waals surface area contributed by atoms with Crippen molar-refractivity contribution in [2.24, 2.45) is 0 Å². The highest BCUT2D eigenvalue weighted by molar-refractivity contribution is 8.00. The van der Waals surface area contributed by atoms with Crippen molar-refractivity contribution in [3.8, 4) is 11.4 Å². The van der Waals surface area contributed by atoms with Gasteiger partial charge in [-0.1, -0.05) is 41.7 Å². The second-order valence-corrected chi connectivity index (χ2v) is 10.8. The first-order valence-electron chi connectivity index (χ1n) is 11.2.